The van der Waals surface area contributed by atoms with Crippen molar-refractivity contribution >= 4 is 33.5 Å². The van der Waals surface area contributed by atoms with Crippen LogP contribution in [0.4, 0.5) is 0 Å². The molecule has 9 heteroatoms. The van der Waals surface area contributed by atoms with Crippen LogP contribution in [-0.4, -0.2) is 45.4 Å². The van der Waals surface area contributed by atoms with Gasteiger partial charge in [0.1, 0.15) is 16.7 Å². The van der Waals surface area contributed by atoms with Crippen LogP contribution in [0.2, 0.25) is 0 Å². The zero-order chi connectivity index (χ0) is 18.3. The maximum absolute atomic E-state index is 13.1. The van der Waals surface area contributed by atoms with Crippen LogP contribution in [0.5, 0.6) is 0 Å². The summed E-state index contributed by atoms with van der Waals surface area (Å²) in [4.78, 5) is 41.9. The molecular weight excluding hydrogens is 348 g/mol. The molecule has 8 nitrogen and oxygen atoms in total. The summed E-state index contributed by atoms with van der Waals surface area (Å²) < 4.78 is 6.17. The summed E-state index contributed by atoms with van der Waals surface area (Å²) in [5.41, 5.74) is 0.0197. The van der Waals surface area contributed by atoms with Gasteiger partial charge in [-0.3, -0.25) is 14.2 Å². The van der Waals surface area contributed by atoms with Crippen molar-refractivity contribution in [3.63, 3.8) is 0 Å². The molecule has 2 N–H and O–H groups in total. The lowest BCUT2D eigenvalue weighted by Gasteiger charge is -2.16. The smallest absolute Gasteiger partial charge is 0.326 e. The van der Waals surface area contributed by atoms with E-state index >= 15 is 0 Å². The second kappa shape index (κ2) is 6.57. The fourth-order valence-electron chi connectivity index (χ4n) is 3.27. The van der Waals surface area contributed by atoms with E-state index in [9.17, 15) is 24.6 Å². The van der Waals surface area contributed by atoms with Gasteiger partial charge in [-0.2, -0.15) is 0 Å². The first-order valence-corrected chi connectivity index (χ1v) is 8.69. The molecule has 134 valence electrons. The number of ether oxygens (including phenoxy) is 1. The average molecular weight is 366 g/mol. The van der Waals surface area contributed by atoms with Crippen molar-refractivity contribution in [3.8, 4) is 0 Å². The molecule has 1 aliphatic carbocycles. The lowest BCUT2D eigenvalue weighted by molar-refractivity contribution is -0.141. The predicted octanol–water partition coefficient (Wildman–Crippen LogP) is 1.41. The maximum atomic E-state index is 13.1. The van der Waals surface area contributed by atoms with Crippen molar-refractivity contribution in [2.75, 3.05) is 13.7 Å². The molecule has 0 fully saturated rings. The Morgan fingerprint density at radius 3 is 2.76 bits per heavy atom. The van der Waals surface area contributed by atoms with Crippen LogP contribution in [0.3, 0.4) is 0 Å². The molecule has 2 atom stereocenters. The lowest BCUT2D eigenvalue weighted by atomic mass is 10.0. The molecule has 0 spiro atoms. The molecule has 0 radical (unpaired) electrons. The molecule has 25 heavy (non-hydrogen) atoms. The van der Waals surface area contributed by atoms with Gasteiger partial charge >= 0.3 is 11.9 Å². The molecule has 3 rings (SSSR count). The van der Waals surface area contributed by atoms with Gasteiger partial charge in [0.25, 0.3) is 5.56 Å². The highest BCUT2D eigenvalue weighted by Crippen LogP contribution is 2.42. The number of rotatable bonds is 6. The van der Waals surface area contributed by atoms with Gasteiger partial charge in [-0.1, -0.05) is 0 Å². The van der Waals surface area contributed by atoms with E-state index in [1.165, 1.54) is 25.4 Å². The van der Waals surface area contributed by atoms with Crippen LogP contribution in [0, 0.1) is 0 Å². The number of hydrogen-bond donors (Lipinski definition) is 2. The minimum atomic E-state index is -1.15. The predicted molar refractivity (Wildman–Crippen MR) is 90.5 cm³/mol. The number of carboxylic acid groups (broad SMARTS) is 2. The first-order chi connectivity index (χ1) is 11.9. The molecule has 2 unspecified atom stereocenters. The van der Waals surface area contributed by atoms with E-state index in [1.54, 1.807) is 0 Å². The normalized spacial score (nSPS) is 17.6. The van der Waals surface area contributed by atoms with Crippen LogP contribution in [0.15, 0.2) is 4.79 Å². The number of aliphatic carboxylic acids is 2. The lowest BCUT2D eigenvalue weighted by Crippen LogP contribution is -2.32. The highest BCUT2D eigenvalue weighted by molar-refractivity contribution is 7.18. The Morgan fingerprint density at radius 1 is 1.44 bits per heavy atom. The van der Waals surface area contributed by atoms with Gasteiger partial charge in [0.05, 0.1) is 17.9 Å². The number of carboxylic acids is 2. The Morgan fingerprint density at radius 2 is 2.16 bits per heavy atom. The Hall–Kier alpha value is -2.26. The Labute approximate surface area is 146 Å². The monoisotopic (exact) mass is 366 g/mol. The fraction of sp³-hybridized carbons (Fsp3) is 0.500. The molecule has 2 aromatic rings. The van der Waals surface area contributed by atoms with Crippen LogP contribution in [-0.2, 0) is 27.2 Å². The van der Waals surface area contributed by atoms with E-state index in [1.807, 2.05) is 0 Å². The molecule has 0 aliphatic heterocycles. The minimum absolute atomic E-state index is 0.249. The molecular formula is C16H18N2O6S. The number of methoxy groups -OCH3 is 1. The van der Waals surface area contributed by atoms with Crippen molar-refractivity contribution in [1.29, 1.82) is 0 Å². The molecule has 0 saturated heterocycles. The second-order valence-electron chi connectivity index (χ2n) is 6.01. The average Bonchev–Trinajstić information content (AvgIpc) is 3.10. The third-order valence-corrected chi connectivity index (χ3v) is 5.69. The summed E-state index contributed by atoms with van der Waals surface area (Å²) in [6.45, 7) is 1.71. The third-order valence-electron chi connectivity index (χ3n) is 4.53. The number of aromatic nitrogens is 2. The van der Waals surface area contributed by atoms with E-state index in [0.29, 0.717) is 42.1 Å². The van der Waals surface area contributed by atoms with E-state index in [2.05, 4.69) is 4.98 Å². The van der Waals surface area contributed by atoms with Crippen molar-refractivity contribution in [2.45, 2.75) is 38.1 Å². The molecule has 0 amide bonds. The van der Waals surface area contributed by atoms with Crippen molar-refractivity contribution in [2.24, 2.45) is 0 Å². The number of thiophene rings is 1. The quantitative estimate of drug-likeness (QED) is 0.793. The van der Waals surface area contributed by atoms with Crippen LogP contribution in [0.1, 0.15) is 41.6 Å². The summed E-state index contributed by atoms with van der Waals surface area (Å²) in [7, 11) is 1.51. The van der Waals surface area contributed by atoms with Crippen molar-refractivity contribution < 1.29 is 24.5 Å². The van der Waals surface area contributed by atoms with Gasteiger partial charge < -0.3 is 14.9 Å². The summed E-state index contributed by atoms with van der Waals surface area (Å²) in [5.74, 6) is -2.53. The SMILES string of the molecule is COCCc1nc2sc3c(c2c(=O)n1C(C)C(=O)O)C(C(=O)O)CC3. The van der Waals surface area contributed by atoms with Gasteiger partial charge in [0, 0.05) is 18.4 Å². The summed E-state index contributed by atoms with van der Waals surface area (Å²) in [6.07, 6.45) is 1.34. The zero-order valence-electron chi connectivity index (χ0n) is 13.8. The van der Waals surface area contributed by atoms with E-state index in [-0.39, 0.29) is 5.39 Å². The summed E-state index contributed by atoms with van der Waals surface area (Å²) in [5, 5.41) is 19.0. The number of aryl methyl sites for hydroxylation is 1. The highest BCUT2D eigenvalue weighted by Gasteiger charge is 2.35. The van der Waals surface area contributed by atoms with Gasteiger partial charge in [0.2, 0.25) is 0 Å². The topological polar surface area (TPSA) is 119 Å². The number of carbonyl (C=O) groups is 2. The van der Waals surface area contributed by atoms with Gasteiger partial charge in [-0.25, -0.2) is 9.78 Å². The Balaban J connectivity index is 2.29. The van der Waals surface area contributed by atoms with Crippen LogP contribution >= 0.6 is 11.3 Å². The minimum Gasteiger partial charge on any atom is -0.481 e. The van der Waals surface area contributed by atoms with Gasteiger partial charge in [-0.15, -0.1) is 11.3 Å². The molecule has 2 aromatic heterocycles. The van der Waals surface area contributed by atoms with Crippen LogP contribution in [0.25, 0.3) is 10.2 Å². The van der Waals surface area contributed by atoms with Crippen molar-refractivity contribution in [1.82, 2.24) is 9.55 Å². The van der Waals surface area contributed by atoms with E-state index < -0.39 is 29.5 Å². The highest BCUT2D eigenvalue weighted by atomic mass is 32.1. The van der Waals surface area contributed by atoms with Crippen molar-refractivity contribution in [3.05, 3.63) is 26.6 Å². The maximum Gasteiger partial charge on any atom is 0.326 e. The molecule has 1 aliphatic rings. The molecule has 0 saturated carbocycles. The zero-order valence-corrected chi connectivity index (χ0v) is 14.6. The molecule has 0 bridgehead atoms. The molecule has 0 aromatic carbocycles. The van der Waals surface area contributed by atoms with Gasteiger partial charge in [-0.05, 0) is 25.3 Å². The van der Waals surface area contributed by atoms with Crippen LogP contribution < -0.4 is 5.56 Å². The second-order valence-corrected chi connectivity index (χ2v) is 7.09. The first-order valence-electron chi connectivity index (χ1n) is 7.88. The standard InChI is InChI=1S/C16H18N2O6S/c1-7(15(20)21)18-10(5-6-24-2)17-13-12(14(18)19)11-8(16(22)23)3-4-9(11)25-13/h7-8H,3-6H2,1-2H3,(H,20,21)(H,22,23). The molecule has 2 heterocycles. The van der Waals surface area contributed by atoms with E-state index in [4.69, 9.17) is 4.74 Å². The summed E-state index contributed by atoms with van der Waals surface area (Å²) in [6, 6.07) is -1.10. The fourth-order valence-corrected chi connectivity index (χ4v) is 4.53. The number of fused-ring (bicyclic) bond motifs is 3. The Bertz CT molecular complexity index is 915. The first kappa shape index (κ1) is 17.6. The largest absolute Gasteiger partial charge is 0.481 e. The number of nitrogens with zero attached hydrogens (tertiary/aromatic N) is 2. The number of hydrogen-bond acceptors (Lipinski definition) is 6. The van der Waals surface area contributed by atoms with Gasteiger partial charge in [0.15, 0.2) is 0 Å². The summed E-state index contributed by atoms with van der Waals surface area (Å²) >= 11 is 1.32. The third kappa shape index (κ3) is 2.83. The Kier molecular flexibility index (Phi) is 4.61. The van der Waals surface area contributed by atoms with E-state index in [0.717, 1.165) is 9.44 Å².